The number of benzene rings is 1. The standard InChI is InChI=1S/C13H17Cl2NO2/c1-9(8-16(2)3)18-13(17)12(15)10-6-4-5-7-11(10)14/h4-7,9,12H,8H2,1-3H3/t9-,12-/m1/s1. The Morgan fingerprint density at radius 2 is 2.00 bits per heavy atom. The number of rotatable bonds is 5. The maximum atomic E-state index is 11.9. The van der Waals surface area contributed by atoms with Crippen LogP contribution in [0.25, 0.3) is 0 Å². The van der Waals surface area contributed by atoms with E-state index in [1.54, 1.807) is 24.3 Å². The van der Waals surface area contributed by atoms with Gasteiger partial charge < -0.3 is 9.64 Å². The number of carbonyl (C=O) groups excluding carboxylic acids is 1. The Hall–Kier alpha value is -0.770. The van der Waals surface area contributed by atoms with E-state index in [9.17, 15) is 4.79 Å². The molecule has 0 aliphatic carbocycles. The van der Waals surface area contributed by atoms with Crippen molar-refractivity contribution in [3.63, 3.8) is 0 Å². The number of hydrogen-bond acceptors (Lipinski definition) is 3. The van der Waals surface area contributed by atoms with Crippen LogP contribution >= 0.6 is 23.2 Å². The van der Waals surface area contributed by atoms with Crippen LogP contribution in [0.5, 0.6) is 0 Å². The predicted octanol–water partition coefficient (Wildman–Crippen LogP) is 3.11. The average molecular weight is 290 g/mol. The fourth-order valence-electron chi connectivity index (χ4n) is 1.62. The molecule has 0 bridgehead atoms. The minimum atomic E-state index is -0.872. The maximum absolute atomic E-state index is 11.9. The maximum Gasteiger partial charge on any atom is 0.329 e. The molecule has 5 heteroatoms. The first kappa shape index (κ1) is 15.3. The minimum absolute atomic E-state index is 0.212. The quantitative estimate of drug-likeness (QED) is 0.616. The van der Waals surface area contributed by atoms with Gasteiger partial charge in [0.25, 0.3) is 0 Å². The van der Waals surface area contributed by atoms with Crippen LogP contribution in [0.15, 0.2) is 24.3 Å². The van der Waals surface area contributed by atoms with Gasteiger partial charge in [-0.25, -0.2) is 0 Å². The number of ether oxygens (including phenoxy) is 1. The third-order valence-corrected chi connectivity index (χ3v) is 3.08. The second kappa shape index (κ2) is 6.98. The highest BCUT2D eigenvalue weighted by atomic mass is 35.5. The Bertz CT molecular complexity index is 410. The Morgan fingerprint density at radius 3 is 2.56 bits per heavy atom. The first-order valence-corrected chi connectivity index (χ1v) is 6.47. The van der Waals surface area contributed by atoms with E-state index in [0.717, 1.165) is 0 Å². The van der Waals surface area contributed by atoms with E-state index in [-0.39, 0.29) is 6.10 Å². The van der Waals surface area contributed by atoms with Crippen molar-refractivity contribution in [1.29, 1.82) is 0 Å². The monoisotopic (exact) mass is 289 g/mol. The number of hydrogen-bond donors (Lipinski definition) is 0. The van der Waals surface area contributed by atoms with Crippen LogP contribution in [0.2, 0.25) is 5.02 Å². The van der Waals surface area contributed by atoms with Crippen LogP contribution in [0.1, 0.15) is 17.9 Å². The largest absolute Gasteiger partial charge is 0.460 e. The highest BCUT2D eigenvalue weighted by molar-refractivity contribution is 6.35. The predicted molar refractivity (Wildman–Crippen MR) is 74.2 cm³/mol. The van der Waals surface area contributed by atoms with Crippen LogP contribution in [0, 0.1) is 0 Å². The van der Waals surface area contributed by atoms with Gasteiger partial charge in [-0.1, -0.05) is 29.8 Å². The van der Waals surface area contributed by atoms with Crippen molar-refractivity contribution >= 4 is 29.2 Å². The summed E-state index contributed by atoms with van der Waals surface area (Å²) in [5.41, 5.74) is 0.572. The van der Waals surface area contributed by atoms with Crippen molar-refractivity contribution in [2.75, 3.05) is 20.6 Å². The average Bonchev–Trinajstić information content (AvgIpc) is 2.27. The number of carbonyl (C=O) groups is 1. The molecule has 0 aliphatic rings. The summed E-state index contributed by atoms with van der Waals surface area (Å²) in [6, 6.07) is 6.99. The molecule has 1 aromatic rings. The fraction of sp³-hybridized carbons (Fsp3) is 0.462. The smallest absolute Gasteiger partial charge is 0.329 e. The highest BCUT2D eigenvalue weighted by Gasteiger charge is 2.23. The lowest BCUT2D eigenvalue weighted by molar-refractivity contribution is -0.148. The zero-order valence-electron chi connectivity index (χ0n) is 10.7. The Kier molecular flexibility index (Phi) is 5.93. The van der Waals surface area contributed by atoms with Crippen molar-refractivity contribution in [2.45, 2.75) is 18.4 Å². The van der Waals surface area contributed by atoms with Gasteiger partial charge in [-0.2, -0.15) is 0 Å². The van der Waals surface area contributed by atoms with Gasteiger partial charge >= 0.3 is 5.97 Å². The van der Waals surface area contributed by atoms with Gasteiger partial charge in [-0.15, -0.1) is 11.6 Å². The molecule has 0 radical (unpaired) electrons. The molecule has 0 fully saturated rings. The summed E-state index contributed by atoms with van der Waals surface area (Å²) in [5, 5.41) is -0.405. The number of alkyl halides is 1. The number of halogens is 2. The van der Waals surface area contributed by atoms with Gasteiger partial charge in [0, 0.05) is 11.6 Å². The van der Waals surface area contributed by atoms with Gasteiger partial charge in [0.05, 0.1) is 0 Å². The van der Waals surface area contributed by atoms with Gasteiger partial charge in [-0.05, 0) is 32.6 Å². The SMILES string of the molecule is C[C@H](CN(C)C)OC(=O)[C@H](Cl)c1ccccc1Cl. The summed E-state index contributed by atoms with van der Waals surface area (Å²) in [4.78, 5) is 13.8. The van der Waals surface area contributed by atoms with E-state index in [0.29, 0.717) is 17.1 Å². The van der Waals surface area contributed by atoms with Crippen LogP contribution in [0.3, 0.4) is 0 Å². The van der Waals surface area contributed by atoms with E-state index >= 15 is 0 Å². The van der Waals surface area contributed by atoms with Crippen LogP contribution < -0.4 is 0 Å². The molecule has 0 spiro atoms. The minimum Gasteiger partial charge on any atom is -0.460 e. The lowest BCUT2D eigenvalue weighted by atomic mass is 10.1. The van der Waals surface area contributed by atoms with E-state index < -0.39 is 11.3 Å². The number of nitrogens with zero attached hydrogens (tertiary/aromatic N) is 1. The van der Waals surface area contributed by atoms with E-state index in [2.05, 4.69) is 0 Å². The summed E-state index contributed by atoms with van der Waals surface area (Å²) in [6.45, 7) is 2.48. The van der Waals surface area contributed by atoms with Crippen molar-refractivity contribution in [3.8, 4) is 0 Å². The summed E-state index contributed by atoms with van der Waals surface area (Å²) in [7, 11) is 3.83. The molecular weight excluding hydrogens is 273 g/mol. The molecule has 0 unspecified atom stereocenters. The van der Waals surface area contributed by atoms with Crippen molar-refractivity contribution < 1.29 is 9.53 Å². The Morgan fingerprint density at radius 1 is 1.39 bits per heavy atom. The Balaban J connectivity index is 2.65. The molecule has 0 aliphatic heterocycles. The molecular formula is C13H17Cl2NO2. The summed E-state index contributed by atoms with van der Waals surface area (Å²) < 4.78 is 5.26. The molecule has 0 amide bonds. The second-order valence-electron chi connectivity index (χ2n) is 4.39. The third kappa shape index (κ3) is 4.48. The molecule has 1 rings (SSSR count). The lowest BCUT2D eigenvalue weighted by Crippen LogP contribution is -2.29. The normalized spacial score (nSPS) is 14.3. The summed E-state index contributed by atoms with van der Waals surface area (Å²) in [5.74, 6) is -0.473. The topological polar surface area (TPSA) is 29.5 Å². The highest BCUT2D eigenvalue weighted by Crippen LogP contribution is 2.28. The molecule has 0 N–H and O–H groups in total. The lowest BCUT2D eigenvalue weighted by Gasteiger charge is -2.19. The molecule has 0 aromatic heterocycles. The zero-order valence-corrected chi connectivity index (χ0v) is 12.2. The zero-order chi connectivity index (χ0) is 13.7. The van der Waals surface area contributed by atoms with Crippen LogP contribution in [-0.4, -0.2) is 37.6 Å². The van der Waals surface area contributed by atoms with Crippen molar-refractivity contribution in [3.05, 3.63) is 34.9 Å². The molecule has 18 heavy (non-hydrogen) atoms. The molecule has 3 nitrogen and oxygen atoms in total. The van der Waals surface area contributed by atoms with E-state index in [1.807, 2.05) is 25.9 Å². The van der Waals surface area contributed by atoms with Crippen LogP contribution in [0.4, 0.5) is 0 Å². The first-order valence-electron chi connectivity index (χ1n) is 5.65. The molecule has 100 valence electrons. The molecule has 0 heterocycles. The van der Waals surface area contributed by atoms with Crippen molar-refractivity contribution in [2.24, 2.45) is 0 Å². The van der Waals surface area contributed by atoms with E-state index in [4.69, 9.17) is 27.9 Å². The number of esters is 1. The molecule has 1 aromatic carbocycles. The summed E-state index contributed by atoms with van der Waals surface area (Å²) >= 11 is 12.1. The van der Waals surface area contributed by atoms with Crippen LogP contribution in [-0.2, 0) is 9.53 Å². The van der Waals surface area contributed by atoms with Gasteiger partial charge in [0.2, 0.25) is 0 Å². The van der Waals surface area contributed by atoms with E-state index in [1.165, 1.54) is 0 Å². The van der Waals surface area contributed by atoms with Gasteiger partial charge in [-0.3, -0.25) is 4.79 Å². The fourth-order valence-corrected chi connectivity index (χ4v) is 2.16. The molecule has 2 atom stereocenters. The van der Waals surface area contributed by atoms with Crippen molar-refractivity contribution in [1.82, 2.24) is 4.90 Å². The third-order valence-electron chi connectivity index (χ3n) is 2.32. The summed E-state index contributed by atoms with van der Waals surface area (Å²) in [6.07, 6.45) is -0.212. The first-order chi connectivity index (χ1) is 8.41. The second-order valence-corrected chi connectivity index (χ2v) is 5.24. The molecule has 0 saturated heterocycles. The Labute approximate surface area is 118 Å². The van der Waals surface area contributed by atoms with Gasteiger partial charge in [0.1, 0.15) is 6.10 Å². The molecule has 0 saturated carbocycles. The number of likely N-dealkylation sites (N-methyl/N-ethyl adjacent to an activating group) is 1. The van der Waals surface area contributed by atoms with Gasteiger partial charge in [0.15, 0.2) is 5.38 Å².